The van der Waals surface area contributed by atoms with Gasteiger partial charge in [0.25, 0.3) is 10.2 Å². The van der Waals surface area contributed by atoms with E-state index in [1.54, 1.807) is 6.92 Å². The van der Waals surface area contributed by atoms with Crippen LogP contribution in [0.5, 0.6) is 0 Å². The van der Waals surface area contributed by atoms with Gasteiger partial charge in [-0.2, -0.15) is 25.9 Å². The first-order chi connectivity index (χ1) is 5.67. The van der Waals surface area contributed by atoms with Crippen molar-refractivity contribution in [3.63, 3.8) is 0 Å². The van der Waals surface area contributed by atoms with Gasteiger partial charge in [-0.25, -0.2) is 5.14 Å². The van der Waals surface area contributed by atoms with Crippen molar-refractivity contribution in [2.75, 3.05) is 13.1 Å². The standard InChI is InChI=1S/C5H11F3N2O2S/c1-2-3-10(13(9,11)12)4-5(6,7)8/h2-4H2,1H3,(H2,9,11,12). The molecule has 0 aliphatic carbocycles. The fraction of sp³-hybridized carbons (Fsp3) is 1.00. The first-order valence-corrected chi connectivity index (χ1v) is 5.01. The number of nitrogens with two attached hydrogens (primary N) is 1. The fourth-order valence-electron chi connectivity index (χ4n) is 0.746. The maximum atomic E-state index is 11.8. The highest BCUT2D eigenvalue weighted by atomic mass is 32.2. The van der Waals surface area contributed by atoms with Crippen molar-refractivity contribution in [3.05, 3.63) is 0 Å². The lowest BCUT2D eigenvalue weighted by Gasteiger charge is -2.19. The molecule has 8 heteroatoms. The van der Waals surface area contributed by atoms with Crippen LogP contribution < -0.4 is 5.14 Å². The van der Waals surface area contributed by atoms with Gasteiger partial charge in [0.2, 0.25) is 0 Å². The van der Waals surface area contributed by atoms with E-state index in [-0.39, 0.29) is 17.3 Å². The van der Waals surface area contributed by atoms with Crippen molar-refractivity contribution in [2.45, 2.75) is 19.5 Å². The Balaban J connectivity index is 4.46. The van der Waals surface area contributed by atoms with Crippen LogP contribution in [0.15, 0.2) is 0 Å². The average molecular weight is 220 g/mol. The third kappa shape index (κ3) is 5.83. The Morgan fingerprint density at radius 3 is 2.08 bits per heavy atom. The van der Waals surface area contributed by atoms with Gasteiger partial charge in [-0.15, -0.1) is 0 Å². The van der Waals surface area contributed by atoms with Gasteiger partial charge >= 0.3 is 6.18 Å². The highest BCUT2D eigenvalue weighted by Crippen LogP contribution is 2.17. The normalized spacial score (nSPS) is 13.7. The summed E-state index contributed by atoms with van der Waals surface area (Å²) in [6, 6.07) is 0. The second-order valence-electron chi connectivity index (χ2n) is 2.49. The lowest BCUT2D eigenvalue weighted by molar-refractivity contribution is -0.136. The smallest absolute Gasteiger partial charge is 0.216 e. The topological polar surface area (TPSA) is 63.4 Å². The van der Waals surface area contributed by atoms with E-state index in [4.69, 9.17) is 0 Å². The van der Waals surface area contributed by atoms with E-state index in [0.29, 0.717) is 0 Å². The van der Waals surface area contributed by atoms with Gasteiger partial charge in [-0.05, 0) is 6.42 Å². The number of hydrogen-bond acceptors (Lipinski definition) is 2. The Labute approximate surface area is 74.7 Å². The third-order valence-electron chi connectivity index (χ3n) is 1.19. The Morgan fingerprint density at radius 1 is 1.38 bits per heavy atom. The zero-order chi connectivity index (χ0) is 10.7. The summed E-state index contributed by atoms with van der Waals surface area (Å²) in [5, 5.41) is 4.57. The highest BCUT2D eigenvalue weighted by molar-refractivity contribution is 7.86. The van der Waals surface area contributed by atoms with Crippen LogP contribution in [0, 0.1) is 0 Å². The van der Waals surface area contributed by atoms with E-state index >= 15 is 0 Å². The zero-order valence-electron chi connectivity index (χ0n) is 7.00. The predicted octanol–water partition coefficient (Wildman–Crippen LogP) is 0.464. The number of halogens is 3. The molecule has 0 saturated carbocycles. The molecule has 80 valence electrons. The Morgan fingerprint density at radius 2 is 1.85 bits per heavy atom. The van der Waals surface area contributed by atoms with Crippen molar-refractivity contribution < 1.29 is 21.6 Å². The predicted molar refractivity (Wildman–Crippen MR) is 41.0 cm³/mol. The molecule has 0 spiro atoms. The van der Waals surface area contributed by atoms with Crippen LogP contribution in [0.4, 0.5) is 13.2 Å². The van der Waals surface area contributed by atoms with E-state index in [2.05, 4.69) is 5.14 Å². The van der Waals surface area contributed by atoms with Gasteiger partial charge in [0.05, 0.1) is 0 Å². The molecular weight excluding hydrogens is 209 g/mol. The number of nitrogens with zero attached hydrogens (tertiary/aromatic N) is 1. The Kier molecular flexibility index (Phi) is 4.14. The van der Waals surface area contributed by atoms with Gasteiger partial charge in [0.1, 0.15) is 6.54 Å². The average Bonchev–Trinajstić information content (AvgIpc) is 1.81. The first-order valence-electron chi connectivity index (χ1n) is 3.51. The van der Waals surface area contributed by atoms with Crippen LogP contribution in [0.25, 0.3) is 0 Å². The largest absolute Gasteiger partial charge is 0.402 e. The van der Waals surface area contributed by atoms with Crippen LogP contribution >= 0.6 is 0 Å². The second-order valence-corrected chi connectivity index (χ2v) is 4.04. The van der Waals surface area contributed by atoms with Crippen LogP contribution in [0.3, 0.4) is 0 Å². The minimum atomic E-state index is -4.55. The third-order valence-corrected chi connectivity index (χ3v) is 2.22. The number of alkyl halides is 3. The van der Waals surface area contributed by atoms with Crippen molar-refractivity contribution in [1.29, 1.82) is 0 Å². The molecule has 0 atom stereocenters. The maximum Gasteiger partial charge on any atom is 0.402 e. The summed E-state index contributed by atoms with van der Waals surface area (Å²) in [6.07, 6.45) is -4.27. The quantitative estimate of drug-likeness (QED) is 0.748. The molecule has 0 fully saturated rings. The molecule has 0 aromatic heterocycles. The lowest BCUT2D eigenvalue weighted by atomic mass is 10.5. The van der Waals surface area contributed by atoms with Crippen molar-refractivity contribution in [1.82, 2.24) is 4.31 Å². The summed E-state index contributed by atoms with van der Waals surface area (Å²) in [7, 11) is -4.25. The summed E-state index contributed by atoms with van der Waals surface area (Å²) >= 11 is 0. The fourth-order valence-corrected chi connectivity index (χ4v) is 1.51. The molecule has 13 heavy (non-hydrogen) atoms. The molecule has 0 aliphatic rings. The SMILES string of the molecule is CCCN(CC(F)(F)F)S(N)(=O)=O. The molecule has 0 heterocycles. The molecule has 0 amide bonds. The first kappa shape index (κ1) is 12.7. The van der Waals surface area contributed by atoms with E-state index in [0.717, 1.165) is 0 Å². The van der Waals surface area contributed by atoms with Crippen molar-refractivity contribution in [2.24, 2.45) is 5.14 Å². The summed E-state index contributed by atoms with van der Waals surface area (Å²) < 4.78 is 56.8. The Bertz CT molecular complexity index is 249. The summed E-state index contributed by atoms with van der Waals surface area (Å²) in [5.41, 5.74) is 0. The molecule has 0 aliphatic heterocycles. The van der Waals surface area contributed by atoms with Gasteiger partial charge < -0.3 is 0 Å². The van der Waals surface area contributed by atoms with E-state index in [1.165, 1.54) is 0 Å². The van der Waals surface area contributed by atoms with Gasteiger partial charge in [0, 0.05) is 6.54 Å². The molecular formula is C5H11F3N2O2S. The van der Waals surface area contributed by atoms with E-state index in [1.807, 2.05) is 0 Å². The van der Waals surface area contributed by atoms with Crippen LogP contribution in [-0.4, -0.2) is 32.0 Å². The summed E-state index contributed by atoms with van der Waals surface area (Å²) in [6.45, 7) is -0.188. The molecule has 0 aromatic carbocycles. The maximum absolute atomic E-state index is 11.8. The molecule has 4 nitrogen and oxygen atoms in total. The summed E-state index contributed by atoms with van der Waals surface area (Å²) in [4.78, 5) is 0. The number of hydrogen-bond donors (Lipinski definition) is 1. The second kappa shape index (κ2) is 4.25. The van der Waals surface area contributed by atoms with Crippen LogP contribution in [0.1, 0.15) is 13.3 Å². The molecule has 2 N–H and O–H groups in total. The Hall–Kier alpha value is -0.340. The van der Waals surface area contributed by atoms with Crippen molar-refractivity contribution >= 4 is 10.2 Å². The van der Waals surface area contributed by atoms with Gasteiger partial charge in [-0.3, -0.25) is 0 Å². The van der Waals surface area contributed by atoms with Gasteiger partial charge in [0.15, 0.2) is 0 Å². The molecule has 0 rings (SSSR count). The monoisotopic (exact) mass is 220 g/mol. The number of rotatable bonds is 4. The van der Waals surface area contributed by atoms with Gasteiger partial charge in [-0.1, -0.05) is 6.92 Å². The van der Waals surface area contributed by atoms with E-state index in [9.17, 15) is 21.6 Å². The highest BCUT2D eigenvalue weighted by Gasteiger charge is 2.34. The van der Waals surface area contributed by atoms with Crippen LogP contribution in [0.2, 0.25) is 0 Å². The zero-order valence-corrected chi connectivity index (χ0v) is 7.82. The molecule has 0 aromatic rings. The minimum absolute atomic E-state index is 0.201. The lowest BCUT2D eigenvalue weighted by Crippen LogP contribution is -2.43. The van der Waals surface area contributed by atoms with E-state index < -0.39 is 22.9 Å². The molecule has 0 saturated heterocycles. The van der Waals surface area contributed by atoms with Crippen molar-refractivity contribution in [3.8, 4) is 0 Å². The molecule has 0 bridgehead atoms. The van der Waals surface area contributed by atoms with Crippen LogP contribution in [-0.2, 0) is 10.2 Å². The minimum Gasteiger partial charge on any atom is -0.216 e. The molecule has 0 unspecified atom stereocenters. The summed E-state index contributed by atoms with van der Waals surface area (Å²) in [5.74, 6) is 0. The molecule has 0 radical (unpaired) electrons.